The van der Waals surface area contributed by atoms with Crippen LogP contribution in [-0.4, -0.2) is 39.0 Å². The van der Waals surface area contributed by atoms with Crippen molar-refractivity contribution in [1.29, 1.82) is 0 Å². The number of hydrogen-bond acceptors (Lipinski definition) is 6. The molecule has 0 aliphatic heterocycles. The van der Waals surface area contributed by atoms with Crippen molar-refractivity contribution in [2.24, 2.45) is 0 Å². The van der Waals surface area contributed by atoms with E-state index in [2.05, 4.69) is 32.7 Å². The van der Waals surface area contributed by atoms with E-state index in [4.69, 9.17) is 9.26 Å². The Kier molecular flexibility index (Phi) is 5.71. The van der Waals surface area contributed by atoms with Gasteiger partial charge < -0.3 is 14.6 Å². The van der Waals surface area contributed by atoms with Crippen LogP contribution in [0.25, 0.3) is 11.4 Å². The first-order valence-corrected chi connectivity index (χ1v) is 10.0. The summed E-state index contributed by atoms with van der Waals surface area (Å²) in [6.07, 6.45) is 5.85. The van der Waals surface area contributed by atoms with Crippen LogP contribution in [0.2, 0.25) is 0 Å². The molecule has 2 aromatic heterocycles. The average Bonchev–Trinajstić information content (AvgIpc) is 3.48. The number of nitrogens with zero attached hydrogens (tertiary/aromatic N) is 4. The quantitative estimate of drug-likeness (QED) is 0.589. The van der Waals surface area contributed by atoms with Gasteiger partial charge in [0.25, 0.3) is 5.91 Å². The lowest BCUT2D eigenvalue weighted by molar-refractivity contribution is 0.0936. The minimum Gasteiger partial charge on any atom is -0.380 e. The van der Waals surface area contributed by atoms with Gasteiger partial charge in [-0.3, -0.25) is 9.48 Å². The second kappa shape index (κ2) is 8.57. The van der Waals surface area contributed by atoms with Gasteiger partial charge in [0.15, 0.2) is 0 Å². The second-order valence-electron chi connectivity index (χ2n) is 7.03. The van der Waals surface area contributed by atoms with Crippen molar-refractivity contribution >= 4 is 5.91 Å². The molecule has 0 fully saturated rings. The Morgan fingerprint density at radius 1 is 1.38 bits per heavy atom. The summed E-state index contributed by atoms with van der Waals surface area (Å²) in [6.45, 7) is 5.82. The number of aryl methyl sites for hydroxylation is 2. The highest BCUT2D eigenvalue weighted by molar-refractivity contribution is 5.94. The summed E-state index contributed by atoms with van der Waals surface area (Å²) < 4.78 is 12.3. The van der Waals surface area contributed by atoms with E-state index >= 15 is 0 Å². The van der Waals surface area contributed by atoms with Gasteiger partial charge in [-0.05, 0) is 37.0 Å². The van der Waals surface area contributed by atoms with Crippen molar-refractivity contribution in [3.63, 3.8) is 0 Å². The van der Waals surface area contributed by atoms with E-state index in [-0.39, 0.29) is 11.9 Å². The van der Waals surface area contributed by atoms with Crippen LogP contribution in [-0.2, 0) is 24.1 Å². The molecule has 1 N–H and O–H groups in total. The normalized spacial score (nSPS) is 15.4. The first-order valence-electron chi connectivity index (χ1n) is 10.0. The molecule has 8 heteroatoms. The highest BCUT2D eigenvalue weighted by Gasteiger charge is 2.25. The van der Waals surface area contributed by atoms with Gasteiger partial charge in [-0.2, -0.15) is 10.1 Å². The first-order chi connectivity index (χ1) is 14.2. The molecule has 1 amide bonds. The third kappa shape index (κ3) is 4.22. The maximum Gasteiger partial charge on any atom is 0.254 e. The summed E-state index contributed by atoms with van der Waals surface area (Å²) in [7, 11) is 0. The van der Waals surface area contributed by atoms with E-state index in [0.29, 0.717) is 43.5 Å². The largest absolute Gasteiger partial charge is 0.380 e. The Morgan fingerprint density at radius 3 is 3.07 bits per heavy atom. The highest BCUT2D eigenvalue weighted by Crippen LogP contribution is 2.34. The van der Waals surface area contributed by atoms with Gasteiger partial charge >= 0.3 is 0 Å². The van der Waals surface area contributed by atoms with Crippen LogP contribution in [0.4, 0.5) is 0 Å². The fourth-order valence-electron chi connectivity index (χ4n) is 3.57. The summed E-state index contributed by atoms with van der Waals surface area (Å²) in [5, 5.41) is 11.4. The molecular formula is C21H25N5O3. The lowest BCUT2D eigenvalue weighted by atomic mass is 10.0. The molecule has 1 atom stereocenters. The van der Waals surface area contributed by atoms with Gasteiger partial charge in [-0.25, -0.2) is 0 Å². The molecule has 0 bridgehead atoms. The Bertz CT molecular complexity index is 994. The SMILES string of the molecule is CCOCCn1cc(C(=O)N[C@@H]2CCc3cc(-c4noc(CC)n4)ccc32)cn1. The van der Waals surface area contributed by atoms with Crippen molar-refractivity contribution in [3.05, 3.63) is 53.2 Å². The molecule has 0 saturated heterocycles. The van der Waals surface area contributed by atoms with Gasteiger partial charge in [-0.1, -0.05) is 24.2 Å². The molecule has 3 aromatic rings. The number of aromatic nitrogens is 4. The molecule has 2 heterocycles. The highest BCUT2D eigenvalue weighted by atomic mass is 16.5. The number of fused-ring (bicyclic) bond motifs is 1. The third-order valence-corrected chi connectivity index (χ3v) is 5.12. The van der Waals surface area contributed by atoms with Crippen LogP contribution in [0.3, 0.4) is 0 Å². The number of rotatable bonds is 8. The number of ether oxygens (including phenoxy) is 1. The number of amides is 1. The smallest absolute Gasteiger partial charge is 0.254 e. The molecule has 0 radical (unpaired) electrons. The van der Waals surface area contributed by atoms with E-state index < -0.39 is 0 Å². The molecular weight excluding hydrogens is 370 g/mol. The number of hydrogen-bond donors (Lipinski definition) is 1. The van der Waals surface area contributed by atoms with Crippen LogP contribution in [0, 0.1) is 0 Å². The number of nitrogens with one attached hydrogen (secondary N) is 1. The predicted molar refractivity (Wildman–Crippen MR) is 106 cm³/mol. The van der Waals surface area contributed by atoms with E-state index in [1.165, 1.54) is 5.56 Å². The van der Waals surface area contributed by atoms with Crippen molar-refractivity contribution in [3.8, 4) is 11.4 Å². The Labute approximate surface area is 169 Å². The molecule has 1 aromatic carbocycles. The lowest BCUT2D eigenvalue weighted by Crippen LogP contribution is -2.26. The summed E-state index contributed by atoms with van der Waals surface area (Å²) >= 11 is 0. The first kappa shape index (κ1) is 19.3. The minimum atomic E-state index is -0.111. The Hall–Kier alpha value is -3.00. The standard InChI is InChI=1S/C21H25N5O3/c1-3-19-24-20(25-29-19)15-5-7-17-14(11-15)6-8-18(17)23-21(27)16-12-22-26(13-16)9-10-28-4-2/h5,7,11-13,18H,3-4,6,8-10H2,1-2H3,(H,23,27)/t18-/m1/s1. The second-order valence-corrected chi connectivity index (χ2v) is 7.03. The van der Waals surface area contributed by atoms with E-state index in [1.54, 1.807) is 17.1 Å². The van der Waals surface area contributed by atoms with Gasteiger partial charge in [0.2, 0.25) is 11.7 Å². The summed E-state index contributed by atoms with van der Waals surface area (Å²) in [6, 6.07) is 6.13. The van der Waals surface area contributed by atoms with E-state index in [9.17, 15) is 4.79 Å². The molecule has 29 heavy (non-hydrogen) atoms. The topological polar surface area (TPSA) is 95.1 Å². The molecule has 1 aliphatic carbocycles. The van der Waals surface area contributed by atoms with Gasteiger partial charge in [0.05, 0.1) is 31.0 Å². The van der Waals surface area contributed by atoms with Gasteiger partial charge in [-0.15, -0.1) is 0 Å². The summed E-state index contributed by atoms with van der Waals surface area (Å²) in [5.74, 6) is 1.13. The molecule has 1 aliphatic rings. The van der Waals surface area contributed by atoms with Crippen molar-refractivity contribution in [2.75, 3.05) is 13.2 Å². The number of carbonyl (C=O) groups is 1. The molecule has 152 valence electrons. The monoisotopic (exact) mass is 395 g/mol. The maximum atomic E-state index is 12.6. The van der Waals surface area contributed by atoms with Crippen LogP contribution in [0.1, 0.15) is 53.7 Å². The number of benzene rings is 1. The zero-order valence-corrected chi connectivity index (χ0v) is 16.7. The van der Waals surface area contributed by atoms with Crippen LogP contribution in [0.5, 0.6) is 0 Å². The van der Waals surface area contributed by atoms with Crippen LogP contribution >= 0.6 is 0 Å². The molecule has 0 saturated carbocycles. The number of carbonyl (C=O) groups excluding carboxylic acids is 1. The molecule has 0 unspecified atom stereocenters. The predicted octanol–water partition coefficient (Wildman–Crippen LogP) is 2.95. The minimum absolute atomic E-state index is 0.00482. The summed E-state index contributed by atoms with van der Waals surface area (Å²) in [5.41, 5.74) is 3.85. The molecule has 0 spiro atoms. The fourth-order valence-corrected chi connectivity index (χ4v) is 3.57. The average molecular weight is 395 g/mol. The van der Waals surface area contributed by atoms with E-state index in [1.807, 2.05) is 19.9 Å². The lowest BCUT2D eigenvalue weighted by Gasteiger charge is -2.13. The van der Waals surface area contributed by atoms with Crippen molar-refractivity contribution < 1.29 is 14.1 Å². The zero-order valence-electron chi connectivity index (χ0n) is 16.7. The summed E-state index contributed by atoms with van der Waals surface area (Å²) in [4.78, 5) is 17.0. The Balaban J connectivity index is 1.42. The maximum absolute atomic E-state index is 12.6. The third-order valence-electron chi connectivity index (χ3n) is 5.12. The van der Waals surface area contributed by atoms with Crippen molar-refractivity contribution in [2.45, 2.75) is 45.7 Å². The van der Waals surface area contributed by atoms with Gasteiger partial charge in [0.1, 0.15) is 0 Å². The van der Waals surface area contributed by atoms with Crippen molar-refractivity contribution in [1.82, 2.24) is 25.2 Å². The fraction of sp³-hybridized carbons (Fsp3) is 0.429. The molecule has 8 nitrogen and oxygen atoms in total. The Morgan fingerprint density at radius 2 is 2.28 bits per heavy atom. The molecule has 4 rings (SSSR count). The van der Waals surface area contributed by atoms with Gasteiger partial charge in [0, 0.05) is 24.8 Å². The van der Waals surface area contributed by atoms with E-state index in [0.717, 1.165) is 24.0 Å². The zero-order chi connectivity index (χ0) is 20.2. The van der Waals surface area contributed by atoms with Crippen LogP contribution < -0.4 is 5.32 Å². The van der Waals surface area contributed by atoms with Crippen LogP contribution in [0.15, 0.2) is 35.1 Å².